The fourth-order valence-electron chi connectivity index (χ4n) is 3.75. The molecule has 36 heavy (non-hydrogen) atoms. The summed E-state index contributed by atoms with van der Waals surface area (Å²) in [5, 5.41) is 5.36. The molecule has 188 valence electrons. The van der Waals surface area contributed by atoms with Crippen molar-refractivity contribution in [1.82, 2.24) is 4.90 Å². The first kappa shape index (κ1) is 27.2. The normalized spacial score (nSPS) is 11.8. The average molecular weight is 523 g/mol. The summed E-state index contributed by atoms with van der Waals surface area (Å²) in [7, 11) is -3.85. The molecule has 0 unspecified atom stereocenters. The van der Waals surface area contributed by atoms with Crippen LogP contribution in [0.15, 0.2) is 82.7 Å². The fraction of sp³-hybridized carbons (Fsp3) is 0.222. The monoisotopic (exact) mass is 522 g/mol. The highest BCUT2D eigenvalue weighted by molar-refractivity contribution is 7.89. The highest BCUT2D eigenvalue weighted by atomic mass is 32.2. The zero-order valence-corrected chi connectivity index (χ0v) is 22.0. The van der Waals surface area contributed by atoms with E-state index in [9.17, 15) is 13.2 Å². The summed E-state index contributed by atoms with van der Waals surface area (Å²) in [6.07, 6.45) is 0.868. The number of aliphatic imine (C=N–C) groups is 1. The number of hydrogen-bond donors (Lipinski definition) is 2. The zero-order chi connectivity index (χ0) is 26.3. The van der Waals surface area contributed by atoms with Gasteiger partial charge in [-0.1, -0.05) is 79.8 Å². The molecule has 0 saturated heterocycles. The van der Waals surface area contributed by atoms with Gasteiger partial charge in [-0.2, -0.15) is 0 Å². The molecule has 0 aliphatic heterocycles. The Balaban J connectivity index is 1.73. The molecule has 3 rings (SSSR count). The number of amides is 1. The molecule has 0 fully saturated rings. The second-order valence-corrected chi connectivity index (χ2v) is 10.3. The highest BCUT2D eigenvalue weighted by Crippen LogP contribution is 2.27. The Labute approximate surface area is 217 Å². The van der Waals surface area contributed by atoms with E-state index in [0.29, 0.717) is 41.5 Å². The number of benzene rings is 3. The van der Waals surface area contributed by atoms with Gasteiger partial charge in [-0.25, -0.2) is 18.5 Å². The number of carbonyl (C=O) groups excluding carboxylic acids is 1. The quantitative estimate of drug-likeness (QED) is 0.250. The van der Waals surface area contributed by atoms with Gasteiger partial charge in [-0.15, -0.1) is 0 Å². The third-order valence-corrected chi connectivity index (χ3v) is 7.04. The SMILES string of the molecule is CCC(=S)N=C(N)c1cccc(CN(CC)C(=O)Cc2ccc(-c3ccccc3S(N)(=O)=O)cc2)c1. The van der Waals surface area contributed by atoms with E-state index in [-0.39, 0.29) is 17.2 Å². The van der Waals surface area contributed by atoms with Crippen LogP contribution in [0.5, 0.6) is 0 Å². The second kappa shape index (κ2) is 12.0. The molecule has 7 nitrogen and oxygen atoms in total. The number of thiocarbonyl (C=S) groups is 1. The topological polar surface area (TPSA) is 119 Å². The number of hydrogen-bond acceptors (Lipinski definition) is 4. The van der Waals surface area contributed by atoms with E-state index in [0.717, 1.165) is 16.7 Å². The largest absolute Gasteiger partial charge is 0.383 e. The van der Waals surface area contributed by atoms with Gasteiger partial charge in [0.1, 0.15) is 10.8 Å². The number of likely N-dealkylation sites (N-methyl/N-ethyl adjacent to an activating group) is 1. The lowest BCUT2D eigenvalue weighted by Crippen LogP contribution is -2.31. The lowest BCUT2D eigenvalue weighted by Gasteiger charge is -2.21. The van der Waals surface area contributed by atoms with Crippen molar-refractivity contribution in [2.45, 2.75) is 38.1 Å². The minimum absolute atomic E-state index is 0.0191. The Morgan fingerprint density at radius 2 is 1.67 bits per heavy atom. The van der Waals surface area contributed by atoms with Crippen LogP contribution >= 0.6 is 12.2 Å². The maximum absolute atomic E-state index is 13.1. The first-order chi connectivity index (χ1) is 17.1. The van der Waals surface area contributed by atoms with Gasteiger partial charge in [0.15, 0.2) is 0 Å². The minimum atomic E-state index is -3.85. The molecule has 0 aliphatic rings. The third kappa shape index (κ3) is 7.07. The molecule has 0 aliphatic carbocycles. The van der Waals surface area contributed by atoms with E-state index in [1.807, 2.05) is 50.2 Å². The Bertz CT molecular complexity index is 1380. The van der Waals surface area contributed by atoms with Crippen LogP contribution in [-0.4, -0.2) is 36.6 Å². The van der Waals surface area contributed by atoms with Crippen LogP contribution in [0.2, 0.25) is 0 Å². The van der Waals surface area contributed by atoms with E-state index in [1.165, 1.54) is 6.07 Å². The molecule has 1 amide bonds. The van der Waals surface area contributed by atoms with Crippen LogP contribution in [0.3, 0.4) is 0 Å². The number of sulfonamides is 1. The number of rotatable bonds is 9. The van der Waals surface area contributed by atoms with Crippen molar-refractivity contribution < 1.29 is 13.2 Å². The molecule has 9 heteroatoms. The number of primary sulfonamides is 1. The summed E-state index contributed by atoms with van der Waals surface area (Å²) in [5.74, 6) is 0.344. The highest BCUT2D eigenvalue weighted by Gasteiger charge is 2.16. The third-order valence-electron chi connectivity index (χ3n) is 5.69. The Hall–Kier alpha value is -3.40. The number of nitrogens with zero attached hydrogens (tertiary/aromatic N) is 2. The van der Waals surface area contributed by atoms with Crippen LogP contribution in [0.25, 0.3) is 11.1 Å². The standard InChI is InChI=1S/C27H30N4O3S2/c1-3-25(35)30-27(28)22-9-7-8-20(16-22)18-31(4-2)26(32)17-19-12-14-21(15-13-19)23-10-5-6-11-24(23)36(29,33)34/h5-16H,3-4,17-18H2,1-2H3,(H2,28,30,35)(H2,29,33,34). The molecule has 3 aromatic rings. The van der Waals surface area contributed by atoms with Crippen molar-refractivity contribution in [2.75, 3.05) is 6.54 Å². The van der Waals surface area contributed by atoms with E-state index in [4.69, 9.17) is 23.1 Å². The van der Waals surface area contributed by atoms with E-state index in [1.54, 1.807) is 35.2 Å². The second-order valence-electron chi connectivity index (χ2n) is 8.27. The Kier molecular flexibility index (Phi) is 9.08. The lowest BCUT2D eigenvalue weighted by molar-refractivity contribution is -0.130. The van der Waals surface area contributed by atoms with Crippen molar-refractivity contribution in [2.24, 2.45) is 15.9 Å². The van der Waals surface area contributed by atoms with E-state index < -0.39 is 10.0 Å². The molecular formula is C27H30N4O3S2. The number of carbonyl (C=O) groups is 1. The molecule has 0 radical (unpaired) electrons. The fourth-order valence-corrected chi connectivity index (χ4v) is 4.60. The maximum atomic E-state index is 13.1. The molecule has 3 aromatic carbocycles. The molecular weight excluding hydrogens is 492 g/mol. The smallest absolute Gasteiger partial charge is 0.238 e. The van der Waals surface area contributed by atoms with Crippen LogP contribution in [0.1, 0.15) is 37.0 Å². The molecule has 0 spiro atoms. The van der Waals surface area contributed by atoms with Crippen molar-refractivity contribution in [1.29, 1.82) is 0 Å². The Morgan fingerprint density at radius 3 is 2.31 bits per heavy atom. The maximum Gasteiger partial charge on any atom is 0.238 e. The summed E-state index contributed by atoms with van der Waals surface area (Å²) in [4.78, 5) is 19.7. The molecule has 4 N–H and O–H groups in total. The van der Waals surface area contributed by atoms with Gasteiger partial charge in [0.25, 0.3) is 0 Å². The first-order valence-electron chi connectivity index (χ1n) is 11.6. The van der Waals surface area contributed by atoms with Crippen LogP contribution in [-0.2, 0) is 27.8 Å². The van der Waals surface area contributed by atoms with Crippen LogP contribution in [0.4, 0.5) is 0 Å². The summed E-state index contributed by atoms with van der Waals surface area (Å²) < 4.78 is 23.9. The molecule has 0 heterocycles. The first-order valence-corrected chi connectivity index (χ1v) is 13.5. The predicted molar refractivity (Wildman–Crippen MR) is 148 cm³/mol. The summed E-state index contributed by atoms with van der Waals surface area (Å²) >= 11 is 5.16. The van der Waals surface area contributed by atoms with Crippen LogP contribution in [0, 0.1) is 0 Å². The predicted octanol–water partition coefficient (Wildman–Crippen LogP) is 4.03. The summed E-state index contributed by atoms with van der Waals surface area (Å²) in [6, 6.07) is 21.5. The van der Waals surface area contributed by atoms with Crippen molar-refractivity contribution in [3.8, 4) is 11.1 Å². The minimum Gasteiger partial charge on any atom is -0.383 e. The Morgan fingerprint density at radius 1 is 0.972 bits per heavy atom. The van der Waals surface area contributed by atoms with Gasteiger partial charge in [0.2, 0.25) is 15.9 Å². The van der Waals surface area contributed by atoms with Gasteiger partial charge in [0.05, 0.1) is 11.3 Å². The van der Waals surface area contributed by atoms with Crippen molar-refractivity contribution >= 4 is 39.0 Å². The molecule has 0 saturated carbocycles. The van der Waals surface area contributed by atoms with E-state index in [2.05, 4.69) is 4.99 Å². The molecule has 0 aromatic heterocycles. The van der Waals surface area contributed by atoms with E-state index >= 15 is 0 Å². The van der Waals surface area contributed by atoms with Gasteiger partial charge in [0, 0.05) is 24.2 Å². The number of amidine groups is 1. The molecule has 0 atom stereocenters. The van der Waals surface area contributed by atoms with Crippen molar-refractivity contribution in [3.05, 3.63) is 89.5 Å². The van der Waals surface area contributed by atoms with Crippen molar-refractivity contribution in [3.63, 3.8) is 0 Å². The van der Waals surface area contributed by atoms with Crippen LogP contribution < -0.4 is 10.9 Å². The molecule has 0 bridgehead atoms. The lowest BCUT2D eigenvalue weighted by atomic mass is 10.0. The van der Waals surface area contributed by atoms with Gasteiger partial charge in [-0.3, -0.25) is 4.79 Å². The van der Waals surface area contributed by atoms with Gasteiger partial charge >= 0.3 is 0 Å². The zero-order valence-electron chi connectivity index (χ0n) is 20.3. The van der Waals surface area contributed by atoms with Gasteiger partial charge < -0.3 is 10.6 Å². The average Bonchev–Trinajstić information content (AvgIpc) is 2.87. The van der Waals surface area contributed by atoms with Gasteiger partial charge in [-0.05, 0) is 42.2 Å². The number of nitrogens with two attached hydrogens (primary N) is 2. The summed E-state index contributed by atoms with van der Waals surface area (Å²) in [6.45, 7) is 4.85. The summed E-state index contributed by atoms with van der Waals surface area (Å²) in [5.41, 5.74) is 9.86.